The van der Waals surface area contributed by atoms with Gasteiger partial charge in [0.15, 0.2) is 50.3 Å². The predicted octanol–water partition coefficient (Wildman–Crippen LogP) is 2.97. The van der Waals surface area contributed by atoms with Gasteiger partial charge >= 0.3 is 11.9 Å². The van der Waals surface area contributed by atoms with E-state index in [1.165, 1.54) is 0 Å². The first-order chi connectivity index (χ1) is 58.2. The summed E-state index contributed by atoms with van der Waals surface area (Å²) in [5.74, 6) is -1.47. The number of hydrogen-bond acceptors (Lipinski definition) is 36. The molecular weight excluding hydrogens is 1680 g/mol. The number of carboxylic acids is 2. The van der Waals surface area contributed by atoms with E-state index < -0.39 is 251 Å². The van der Waals surface area contributed by atoms with Crippen LogP contribution in [0, 0.1) is 21.7 Å². The van der Waals surface area contributed by atoms with Gasteiger partial charge in [0.25, 0.3) is 0 Å². The zero-order valence-corrected chi connectivity index (χ0v) is 82.4. The van der Waals surface area contributed by atoms with Crippen LogP contribution in [0.4, 0.5) is 0 Å². The van der Waals surface area contributed by atoms with Crippen molar-refractivity contribution >= 4 is 23.6 Å². The lowest BCUT2D eigenvalue weighted by Gasteiger charge is -2.45. The van der Waals surface area contributed by atoms with E-state index in [9.17, 15) is 80.5 Å². The summed E-state index contributed by atoms with van der Waals surface area (Å²) in [6, 6.07) is 0. The molecule has 39 heteroatoms. The number of hydrogen-bond donors (Lipinski definition) is 19. The molecule has 8 fully saturated rings. The Labute approximate surface area is 759 Å². The zero-order chi connectivity index (χ0) is 99.1. The van der Waals surface area contributed by atoms with Gasteiger partial charge in [0, 0.05) is 93.0 Å². The van der Waals surface area contributed by atoms with Gasteiger partial charge in [0.2, 0.25) is 5.91 Å². The van der Waals surface area contributed by atoms with Crippen molar-refractivity contribution in [1.29, 1.82) is 0 Å². The molecule has 0 aromatic rings. The van der Waals surface area contributed by atoms with E-state index >= 15 is 0 Å². The highest BCUT2D eigenvalue weighted by Gasteiger charge is 2.63. The summed E-state index contributed by atoms with van der Waals surface area (Å²) in [6.45, 7) is 61.1. The van der Waals surface area contributed by atoms with Gasteiger partial charge < -0.3 is 175 Å². The van der Waals surface area contributed by atoms with E-state index in [0.717, 1.165) is 0 Å². The fraction of sp³-hybridized carbons (Fsp3) is 0.955. The number of Topliss-reactive ketones (excluding diaryl/α,β-unsaturated/α-hetero) is 1. The maximum absolute atomic E-state index is 11.8. The highest BCUT2D eigenvalue weighted by Crippen LogP contribution is 2.52. The van der Waals surface area contributed by atoms with E-state index in [0.29, 0.717) is 52.0 Å². The smallest absolute Gasteiger partial charge is 0.303 e. The molecule has 0 spiro atoms. The van der Waals surface area contributed by atoms with Crippen LogP contribution in [0.15, 0.2) is 0 Å². The van der Waals surface area contributed by atoms with Gasteiger partial charge in [-0.15, -0.1) is 0 Å². The molecule has 0 aromatic carbocycles. The van der Waals surface area contributed by atoms with Crippen LogP contribution in [0.25, 0.3) is 0 Å². The Hall–Kier alpha value is -3.20. The maximum atomic E-state index is 11.8. The second-order valence-electron chi connectivity index (χ2n) is 42.2. The average molecular weight is 1860 g/mol. The third kappa shape index (κ3) is 32.5. The SMILES string of the molecule is CC(C)(C)OC1OC(CN)C(OC2OC(C)(C)C(C)(C)C2O)C(O)C1O.CC(C)(C)OC1OC(CNCCN)C(OC2OC(C)(C)C(C)(C)C2O)C(O)C1O.CCC(=O)CCCNCC1OC(OC(C)(C)C)C(O)C(O)C1OC1OC(C)(C)C(C)(C)C1O.CCC(=O)NCC1OC(OC(C)(C)C)C(O)C(O)C1OC1OC(C)(C)C(C)(C)C1O.CCC(=O)O.CCC(=O)O. The molecule has 0 radical (unpaired) electrons. The van der Waals surface area contributed by atoms with E-state index in [2.05, 4.69) is 16.0 Å². The number of aliphatic hydroxyl groups is 12. The molecule has 8 rings (SSSR count). The molecule has 21 N–H and O–H groups in total. The van der Waals surface area contributed by atoms with Crippen LogP contribution >= 0.6 is 0 Å². The Morgan fingerprint density at radius 2 is 0.570 bits per heavy atom. The van der Waals surface area contributed by atoms with Gasteiger partial charge in [-0.25, -0.2) is 0 Å². The number of carbonyl (C=O) groups is 4. The largest absolute Gasteiger partial charge is 0.481 e. The summed E-state index contributed by atoms with van der Waals surface area (Å²) in [6.07, 6.45) is -26.9. The molecule has 0 saturated carbocycles. The molecule has 8 heterocycles. The van der Waals surface area contributed by atoms with Crippen molar-refractivity contribution in [3.8, 4) is 0 Å². The monoisotopic (exact) mass is 1850 g/mol. The summed E-state index contributed by atoms with van der Waals surface area (Å²) in [7, 11) is 0. The van der Waals surface area contributed by atoms with Crippen molar-refractivity contribution in [2.45, 2.75) is 477 Å². The quantitative estimate of drug-likeness (QED) is 0.0479. The summed E-state index contributed by atoms with van der Waals surface area (Å²) < 4.78 is 94.3. The zero-order valence-electron chi connectivity index (χ0n) is 82.4. The molecular formula is C89H171N5O34. The van der Waals surface area contributed by atoms with Crippen LogP contribution in [-0.4, -0.2) is 358 Å². The highest BCUT2D eigenvalue weighted by atomic mass is 16.8. The fourth-order valence-electron chi connectivity index (χ4n) is 14.1. The van der Waals surface area contributed by atoms with E-state index in [1.54, 1.807) is 41.5 Å². The molecule has 128 heavy (non-hydrogen) atoms. The summed E-state index contributed by atoms with van der Waals surface area (Å²) >= 11 is 0. The van der Waals surface area contributed by atoms with Gasteiger partial charge in [-0.05, 0) is 151 Å². The molecule has 0 aliphatic carbocycles. The molecule has 1 amide bonds. The second kappa shape index (κ2) is 48.2. The predicted molar refractivity (Wildman–Crippen MR) is 468 cm³/mol. The molecule has 39 nitrogen and oxygen atoms in total. The minimum Gasteiger partial charge on any atom is -0.481 e. The second-order valence-corrected chi connectivity index (χ2v) is 42.2. The molecule has 0 bridgehead atoms. The minimum absolute atomic E-state index is 0.0424. The Kier molecular flexibility index (Phi) is 44.8. The topological polar surface area (TPSA) is 587 Å². The number of rotatable bonds is 29. The maximum Gasteiger partial charge on any atom is 0.303 e. The van der Waals surface area contributed by atoms with Crippen LogP contribution in [0.2, 0.25) is 0 Å². The number of nitrogens with two attached hydrogens (primary N) is 2. The fourth-order valence-corrected chi connectivity index (χ4v) is 14.1. The number of ether oxygens (including phenoxy) is 16. The normalized spacial score (nSPS) is 36.6. The van der Waals surface area contributed by atoms with Crippen molar-refractivity contribution in [2.75, 3.05) is 45.8 Å². The summed E-state index contributed by atoms with van der Waals surface area (Å²) in [5, 5.41) is 153. The van der Waals surface area contributed by atoms with Gasteiger partial charge in [0.1, 0.15) is 128 Å². The Balaban J connectivity index is 0.000000425. The minimum atomic E-state index is -1.38. The Morgan fingerprint density at radius 1 is 0.336 bits per heavy atom. The molecule has 8 saturated heterocycles. The van der Waals surface area contributed by atoms with Crippen molar-refractivity contribution in [3.05, 3.63) is 0 Å². The molecule has 28 unspecified atom stereocenters. The van der Waals surface area contributed by atoms with Gasteiger partial charge in [-0.1, -0.05) is 83.1 Å². The molecule has 28 atom stereocenters. The molecule has 8 aliphatic heterocycles. The van der Waals surface area contributed by atoms with Crippen molar-refractivity contribution < 1.29 is 166 Å². The van der Waals surface area contributed by atoms with Crippen LogP contribution in [0.3, 0.4) is 0 Å². The van der Waals surface area contributed by atoms with Gasteiger partial charge in [-0.3, -0.25) is 19.2 Å². The lowest BCUT2D eigenvalue weighted by molar-refractivity contribution is -0.340. The first-order valence-corrected chi connectivity index (χ1v) is 45.0. The Morgan fingerprint density at radius 3 is 0.773 bits per heavy atom. The first kappa shape index (κ1) is 119. The average Bonchev–Trinajstić information content (AvgIpc) is 1.60. The van der Waals surface area contributed by atoms with Crippen molar-refractivity contribution in [1.82, 2.24) is 16.0 Å². The van der Waals surface area contributed by atoms with Gasteiger partial charge in [0.05, 0.1) is 44.8 Å². The van der Waals surface area contributed by atoms with Crippen molar-refractivity contribution in [3.63, 3.8) is 0 Å². The number of nitrogens with one attached hydrogen (secondary N) is 3. The molecule has 0 aromatic heterocycles. The standard InChI is InChI=1S/C24H45NO8.C21H39NO8.C20H40N2O7.C18H35NO7.2C3H6O2/c1-9-14(26)11-10-12-25-13-15-18(16(27)17(28)20(30-15)32-22(2,3)4)31-21-19(29)23(5,6)24(7,8)33-21;1-9-12(23)22-10-11-15(13(24)14(25)17(27-11)29-19(2,3)4)28-18-16(26)20(5,6)21(7,8)30-18;1-18(2,3)28-16-13(24)12(23)14(11(26-16)10-22-9-8-21)27-17-15(25)19(4,5)20(6,7)29-17;1-16(2,3)25-14-11(21)10(20)12(9(8-19)23-14)24-15-13(22)17(4,5)18(6,7)26-15;2*1-2-3(4)5/h15-21,25,27-29H,9-13H2,1-8H3;11,13-18,24-26H,9-10H2,1-8H3,(H,22,23);11-17,22-25H,8-10,21H2,1-7H3;9-15,20-22H,8,19H2,1-7H3;2*2H2,1H3,(H,4,5). The number of carboxylic acid groups (broad SMARTS) is 2. The van der Waals surface area contributed by atoms with E-state index in [4.69, 9.17) is 97.5 Å². The van der Waals surface area contributed by atoms with E-state index in [-0.39, 0.29) is 44.0 Å². The highest BCUT2D eigenvalue weighted by molar-refractivity contribution is 5.78. The molecule has 756 valence electrons. The number of amides is 1. The summed E-state index contributed by atoms with van der Waals surface area (Å²) in [4.78, 5) is 42.0. The number of aliphatic hydroxyl groups excluding tert-OH is 12. The van der Waals surface area contributed by atoms with E-state index in [1.807, 2.05) is 180 Å². The first-order valence-electron chi connectivity index (χ1n) is 45.0. The Bertz CT molecular complexity index is 3310. The van der Waals surface area contributed by atoms with Gasteiger partial charge in [-0.2, -0.15) is 0 Å². The summed E-state index contributed by atoms with van der Waals surface area (Å²) in [5.41, 5.74) is 4.01. The van der Waals surface area contributed by atoms with Crippen LogP contribution in [0.5, 0.6) is 0 Å². The number of carbonyl (C=O) groups excluding carboxylic acids is 2. The number of ketones is 1. The van der Waals surface area contributed by atoms with Crippen LogP contribution < -0.4 is 27.4 Å². The van der Waals surface area contributed by atoms with Crippen LogP contribution in [-0.2, 0) is 95.0 Å². The lowest BCUT2D eigenvalue weighted by Crippen LogP contribution is -2.63. The molecule has 8 aliphatic rings. The van der Waals surface area contributed by atoms with Crippen LogP contribution in [0.1, 0.15) is 260 Å². The number of aliphatic carboxylic acids is 2. The third-order valence-electron chi connectivity index (χ3n) is 25.3. The lowest BCUT2D eigenvalue weighted by atomic mass is 9.75. The van der Waals surface area contributed by atoms with Crippen molar-refractivity contribution in [2.24, 2.45) is 33.1 Å². The third-order valence-corrected chi connectivity index (χ3v) is 25.3.